The molecule has 7 heteroatoms. The van der Waals surface area contributed by atoms with Crippen LogP contribution in [-0.2, 0) is 14.8 Å². The molecular formula is C12H15FN2O3S. The molecule has 0 bridgehead atoms. The number of hydrogen-bond donors (Lipinski definition) is 1. The van der Waals surface area contributed by atoms with E-state index in [-0.39, 0.29) is 23.9 Å². The number of nitrogens with zero attached hydrogens (tertiary/aromatic N) is 1. The summed E-state index contributed by atoms with van der Waals surface area (Å²) in [4.78, 5) is 10.8. The molecule has 2 rings (SSSR count). The first-order valence-corrected chi connectivity index (χ1v) is 7.32. The highest BCUT2D eigenvalue weighted by molar-refractivity contribution is 7.89. The Bertz CT molecular complexity index is 603. The molecule has 1 fully saturated rings. The molecule has 5 nitrogen and oxygen atoms in total. The van der Waals surface area contributed by atoms with Gasteiger partial charge in [0, 0.05) is 13.1 Å². The fourth-order valence-electron chi connectivity index (χ4n) is 2.28. The average molecular weight is 286 g/mol. The van der Waals surface area contributed by atoms with Gasteiger partial charge in [-0.25, -0.2) is 12.8 Å². The van der Waals surface area contributed by atoms with E-state index in [4.69, 9.17) is 5.73 Å². The topological polar surface area (TPSA) is 80.5 Å². The fraction of sp³-hybridized carbons (Fsp3) is 0.417. The quantitative estimate of drug-likeness (QED) is 0.882. The number of hydrogen-bond acceptors (Lipinski definition) is 3. The summed E-state index contributed by atoms with van der Waals surface area (Å²) in [6.07, 6.45) is 0. The van der Waals surface area contributed by atoms with Crippen molar-refractivity contribution in [3.63, 3.8) is 0 Å². The van der Waals surface area contributed by atoms with Gasteiger partial charge in [0.2, 0.25) is 15.9 Å². The van der Waals surface area contributed by atoms with E-state index in [1.807, 2.05) is 0 Å². The molecule has 0 aliphatic carbocycles. The van der Waals surface area contributed by atoms with Crippen molar-refractivity contribution in [2.45, 2.75) is 11.8 Å². The van der Waals surface area contributed by atoms with Gasteiger partial charge in [0.25, 0.3) is 0 Å². The lowest BCUT2D eigenvalue weighted by Crippen LogP contribution is -2.32. The Morgan fingerprint density at radius 1 is 1.37 bits per heavy atom. The van der Waals surface area contributed by atoms with Crippen LogP contribution in [0.5, 0.6) is 0 Å². The molecule has 1 saturated heterocycles. The number of sulfonamides is 1. The molecule has 1 heterocycles. The minimum Gasteiger partial charge on any atom is -0.369 e. The summed E-state index contributed by atoms with van der Waals surface area (Å²) >= 11 is 0. The Labute approximate surface area is 111 Å². The smallest absolute Gasteiger partial charge is 0.246 e. The molecule has 0 aromatic heterocycles. The van der Waals surface area contributed by atoms with Crippen LogP contribution in [0.15, 0.2) is 29.2 Å². The van der Waals surface area contributed by atoms with Crippen LogP contribution in [0.25, 0.3) is 0 Å². The number of carbonyl (C=O) groups excluding carboxylic acids is 1. The molecule has 1 aromatic rings. The first-order chi connectivity index (χ1) is 8.84. The van der Waals surface area contributed by atoms with E-state index in [0.29, 0.717) is 0 Å². The monoisotopic (exact) mass is 286 g/mol. The summed E-state index contributed by atoms with van der Waals surface area (Å²) < 4.78 is 39.3. The number of amides is 1. The fourth-order valence-corrected chi connectivity index (χ4v) is 3.91. The third-order valence-corrected chi connectivity index (χ3v) is 5.26. The normalized spacial score (nSPS) is 24.5. The highest BCUT2D eigenvalue weighted by Gasteiger charge is 2.40. The van der Waals surface area contributed by atoms with Gasteiger partial charge in [0.15, 0.2) is 0 Å². The molecule has 19 heavy (non-hydrogen) atoms. The molecule has 1 aromatic carbocycles. The second kappa shape index (κ2) is 4.90. The molecule has 1 amide bonds. The van der Waals surface area contributed by atoms with E-state index < -0.39 is 27.7 Å². The third-order valence-electron chi connectivity index (χ3n) is 3.40. The van der Waals surface area contributed by atoms with Crippen molar-refractivity contribution in [3.8, 4) is 0 Å². The summed E-state index contributed by atoms with van der Waals surface area (Å²) in [7, 11) is -3.92. The van der Waals surface area contributed by atoms with Gasteiger partial charge >= 0.3 is 0 Å². The van der Waals surface area contributed by atoms with Crippen LogP contribution in [0.3, 0.4) is 0 Å². The van der Waals surface area contributed by atoms with Crippen LogP contribution in [0.2, 0.25) is 0 Å². The minimum atomic E-state index is -3.92. The van der Waals surface area contributed by atoms with Gasteiger partial charge in [-0.05, 0) is 18.1 Å². The van der Waals surface area contributed by atoms with Gasteiger partial charge in [-0.2, -0.15) is 4.31 Å². The highest BCUT2D eigenvalue weighted by Crippen LogP contribution is 2.29. The molecule has 2 N–H and O–H groups in total. The molecule has 0 saturated carbocycles. The van der Waals surface area contributed by atoms with Crippen molar-refractivity contribution in [2.24, 2.45) is 17.6 Å². The number of halogens is 1. The van der Waals surface area contributed by atoms with Gasteiger partial charge < -0.3 is 5.73 Å². The lowest BCUT2D eigenvalue weighted by atomic mass is 9.98. The number of rotatable bonds is 3. The van der Waals surface area contributed by atoms with E-state index in [1.165, 1.54) is 18.2 Å². The second-order valence-corrected chi connectivity index (χ2v) is 6.64. The number of benzene rings is 1. The van der Waals surface area contributed by atoms with E-state index in [1.54, 1.807) is 6.92 Å². The first-order valence-electron chi connectivity index (χ1n) is 5.88. The highest BCUT2D eigenvalue weighted by atomic mass is 32.2. The maximum atomic E-state index is 13.6. The van der Waals surface area contributed by atoms with Crippen molar-refractivity contribution in [1.29, 1.82) is 0 Å². The number of nitrogens with two attached hydrogens (primary N) is 1. The Balaban J connectivity index is 2.33. The second-order valence-electron chi connectivity index (χ2n) is 4.74. The zero-order valence-electron chi connectivity index (χ0n) is 10.4. The van der Waals surface area contributed by atoms with Crippen molar-refractivity contribution in [2.75, 3.05) is 13.1 Å². The lowest BCUT2D eigenvalue weighted by Gasteiger charge is -2.16. The van der Waals surface area contributed by atoms with E-state index in [0.717, 1.165) is 10.4 Å². The molecule has 2 atom stereocenters. The zero-order chi connectivity index (χ0) is 14.2. The van der Waals surface area contributed by atoms with Crippen molar-refractivity contribution in [1.82, 2.24) is 4.31 Å². The third kappa shape index (κ3) is 2.48. The Kier molecular flexibility index (Phi) is 3.60. The maximum absolute atomic E-state index is 13.6. The first kappa shape index (κ1) is 14.0. The predicted molar refractivity (Wildman–Crippen MR) is 67.0 cm³/mol. The van der Waals surface area contributed by atoms with Crippen LogP contribution < -0.4 is 5.73 Å². The molecule has 0 radical (unpaired) electrons. The summed E-state index contributed by atoms with van der Waals surface area (Å²) in [5.41, 5.74) is 5.23. The predicted octanol–water partition coefficient (Wildman–Crippen LogP) is 0.568. The average Bonchev–Trinajstić information content (AvgIpc) is 2.72. The Hall–Kier alpha value is -1.47. The van der Waals surface area contributed by atoms with Gasteiger partial charge in [0.05, 0.1) is 5.92 Å². The summed E-state index contributed by atoms with van der Waals surface area (Å²) in [6, 6.07) is 5.19. The summed E-state index contributed by atoms with van der Waals surface area (Å²) in [5, 5.41) is 0. The van der Waals surface area contributed by atoms with Crippen molar-refractivity contribution < 1.29 is 17.6 Å². The maximum Gasteiger partial charge on any atom is 0.246 e. The van der Waals surface area contributed by atoms with Crippen LogP contribution in [0.1, 0.15) is 6.92 Å². The SMILES string of the molecule is C[C@@H]1CN(S(=O)(=O)c2ccccc2F)C[C@H]1C(N)=O. The van der Waals surface area contributed by atoms with Gasteiger partial charge in [-0.15, -0.1) is 0 Å². The zero-order valence-corrected chi connectivity index (χ0v) is 11.2. The molecule has 104 valence electrons. The van der Waals surface area contributed by atoms with E-state index in [9.17, 15) is 17.6 Å². The van der Waals surface area contributed by atoms with Crippen molar-refractivity contribution in [3.05, 3.63) is 30.1 Å². The largest absolute Gasteiger partial charge is 0.369 e. The molecule has 1 aliphatic rings. The summed E-state index contributed by atoms with van der Waals surface area (Å²) in [5.74, 6) is -2.02. The Morgan fingerprint density at radius 3 is 2.53 bits per heavy atom. The Morgan fingerprint density at radius 2 is 2.00 bits per heavy atom. The minimum absolute atomic E-state index is 0.00711. The molecule has 0 spiro atoms. The van der Waals surface area contributed by atoms with Gasteiger partial charge in [-0.1, -0.05) is 19.1 Å². The van der Waals surface area contributed by atoms with Crippen LogP contribution >= 0.6 is 0 Å². The van der Waals surface area contributed by atoms with Gasteiger partial charge in [0.1, 0.15) is 10.7 Å². The lowest BCUT2D eigenvalue weighted by molar-refractivity contribution is -0.122. The molecule has 0 unspecified atom stereocenters. The number of primary amides is 1. The van der Waals surface area contributed by atoms with E-state index >= 15 is 0 Å². The van der Waals surface area contributed by atoms with Gasteiger partial charge in [-0.3, -0.25) is 4.79 Å². The molecule has 1 aliphatic heterocycles. The standard InChI is InChI=1S/C12H15FN2O3S/c1-8-6-15(7-9(8)12(14)16)19(17,18)11-5-3-2-4-10(11)13/h2-5,8-9H,6-7H2,1H3,(H2,14,16)/t8-,9-/m1/s1. The van der Waals surface area contributed by atoms with Crippen LogP contribution in [-0.4, -0.2) is 31.7 Å². The van der Waals surface area contributed by atoms with E-state index in [2.05, 4.69) is 0 Å². The summed E-state index contributed by atoms with van der Waals surface area (Å²) in [6.45, 7) is 1.93. The van der Waals surface area contributed by atoms with Crippen molar-refractivity contribution >= 4 is 15.9 Å². The van der Waals surface area contributed by atoms with Crippen LogP contribution in [0, 0.1) is 17.7 Å². The molecular weight excluding hydrogens is 271 g/mol. The number of carbonyl (C=O) groups is 1. The van der Waals surface area contributed by atoms with Crippen LogP contribution in [0.4, 0.5) is 4.39 Å².